The van der Waals surface area contributed by atoms with E-state index in [1.165, 1.54) is 76.7 Å². The van der Waals surface area contributed by atoms with Crippen molar-refractivity contribution in [3.8, 4) is 0 Å². The molecule has 0 radical (unpaired) electrons. The van der Waals surface area contributed by atoms with Crippen molar-refractivity contribution in [1.82, 2.24) is 0 Å². The molecular weight excluding hydrogens is 386 g/mol. The molecule has 1 aliphatic carbocycles. The molecule has 0 N–H and O–H groups in total. The number of benzene rings is 2. The highest BCUT2D eigenvalue weighted by Gasteiger charge is 2.13. The van der Waals surface area contributed by atoms with Crippen LogP contribution in [0.2, 0.25) is 0 Å². The average molecular weight is 440 g/mol. The molecule has 1 nitrogen and oxygen atoms in total. The summed E-state index contributed by atoms with van der Waals surface area (Å²) in [6.07, 6.45) is 7.13. The summed E-state index contributed by atoms with van der Waals surface area (Å²) in [5.41, 5.74) is 11.1. The molecule has 182 valence electrons. The van der Waals surface area contributed by atoms with Crippen molar-refractivity contribution in [2.75, 3.05) is 18.5 Å². The summed E-state index contributed by atoms with van der Waals surface area (Å²) in [7, 11) is 2.17. The van der Waals surface area contributed by atoms with Crippen molar-refractivity contribution >= 4 is 5.69 Å². The number of rotatable bonds is 4. The molecule has 0 bridgehead atoms. The monoisotopic (exact) mass is 439 g/mol. The van der Waals surface area contributed by atoms with Crippen molar-refractivity contribution in [1.29, 1.82) is 0 Å². The Hall–Kier alpha value is -1.76. The Balaban J connectivity index is 0.000000464. The molecule has 2 aromatic rings. The standard InChI is InChI=1S/C13H21N.C10H14.C6H12.C2H6/c1-6-7-14(5)13-11(3)8-10(2)9-12(13)4;1-7-5-8(2)10(4)9(3)6-7;1-2-6-4-3-5-6;1-2/h8-9H,6-7H2,1-5H3;5-6H,1-4H3;6H,2-5H2,1H3;1-2H3. The van der Waals surface area contributed by atoms with Gasteiger partial charge in [0.1, 0.15) is 0 Å². The molecular formula is C31H53N. The minimum Gasteiger partial charge on any atom is -0.374 e. The van der Waals surface area contributed by atoms with Gasteiger partial charge in [-0.2, -0.15) is 0 Å². The molecule has 0 amide bonds. The third-order valence-electron chi connectivity index (χ3n) is 6.45. The van der Waals surface area contributed by atoms with Crippen LogP contribution in [-0.4, -0.2) is 13.6 Å². The van der Waals surface area contributed by atoms with Gasteiger partial charge >= 0.3 is 0 Å². The Morgan fingerprint density at radius 1 is 0.719 bits per heavy atom. The van der Waals surface area contributed by atoms with Gasteiger partial charge in [-0.05, 0) is 88.6 Å². The highest BCUT2D eigenvalue weighted by molar-refractivity contribution is 5.59. The Bertz CT molecular complexity index is 734. The molecule has 0 aromatic heterocycles. The summed E-state index contributed by atoms with van der Waals surface area (Å²) < 4.78 is 0. The van der Waals surface area contributed by atoms with Gasteiger partial charge in [0.05, 0.1) is 0 Å². The zero-order chi connectivity index (χ0) is 24.8. The SMILES string of the molecule is CC.CCC1CCC1.CCCN(C)c1c(C)cc(C)cc1C.Cc1cc(C)c(C)c(C)c1. The summed E-state index contributed by atoms with van der Waals surface area (Å²) in [6.45, 7) is 24.8. The minimum absolute atomic E-state index is 1.12. The lowest BCUT2D eigenvalue weighted by Gasteiger charge is -2.23. The van der Waals surface area contributed by atoms with E-state index in [1.807, 2.05) is 13.8 Å². The van der Waals surface area contributed by atoms with E-state index in [0.29, 0.717) is 0 Å². The Morgan fingerprint density at radius 2 is 1.12 bits per heavy atom. The van der Waals surface area contributed by atoms with Crippen LogP contribution in [0.25, 0.3) is 0 Å². The number of anilines is 1. The van der Waals surface area contributed by atoms with Crippen LogP contribution in [0.1, 0.15) is 98.7 Å². The van der Waals surface area contributed by atoms with Crippen molar-refractivity contribution in [3.63, 3.8) is 0 Å². The normalized spacial score (nSPS) is 12.2. The first kappa shape index (κ1) is 30.2. The van der Waals surface area contributed by atoms with Crippen LogP contribution in [0, 0.1) is 54.4 Å². The van der Waals surface area contributed by atoms with Gasteiger partial charge in [-0.15, -0.1) is 0 Å². The predicted octanol–water partition coefficient (Wildman–Crippen LogP) is 9.60. The summed E-state index contributed by atoms with van der Waals surface area (Å²) in [5, 5.41) is 0. The van der Waals surface area contributed by atoms with Crippen molar-refractivity contribution in [2.45, 2.75) is 108 Å². The maximum absolute atomic E-state index is 2.35. The predicted molar refractivity (Wildman–Crippen MR) is 149 cm³/mol. The molecule has 3 rings (SSSR count). The van der Waals surface area contributed by atoms with E-state index in [4.69, 9.17) is 0 Å². The molecule has 0 saturated heterocycles. The fraction of sp³-hybridized carbons (Fsp3) is 0.613. The molecule has 0 heterocycles. The fourth-order valence-corrected chi connectivity index (χ4v) is 4.37. The van der Waals surface area contributed by atoms with Crippen LogP contribution in [0.15, 0.2) is 24.3 Å². The van der Waals surface area contributed by atoms with E-state index in [1.54, 1.807) is 0 Å². The van der Waals surface area contributed by atoms with E-state index in [9.17, 15) is 0 Å². The summed E-state index contributed by atoms with van der Waals surface area (Å²) >= 11 is 0. The molecule has 0 aliphatic heterocycles. The van der Waals surface area contributed by atoms with Gasteiger partial charge in [-0.3, -0.25) is 0 Å². The zero-order valence-electron chi connectivity index (χ0n) is 23.6. The van der Waals surface area contributed by atoms with Crippen LogP contribution in [0.3, 0.4) is 0 Å². The largest absolute Gasteiger partial charge is 0.374 e. The van der Waals surface area contributed by atoms with Crippen LogP contribution in [0.5, 0.6) is 0 Å². The number of hydrogen-bond acceptors (Lipinski definition) is 1. The van der Waals surface area contributed by atoms with Crippen LogP contribution in [-0.2, 0) is 0 Å². The number of aryl methyl sites for hydroxylation is 6. The third kappa shape index (κ3) is 10.2. The molecule has 1 saturated carbocycles. The molecule has 32 heavy (non-hydrogen) atoms. The molecule has 0 unspecified atom stereocenters. The smallest absolute Gasteiger partial charge is 0.0423 e. The summed E-state index contributed by atoms with van der Waals surface area (Å²) in [5.74, 6) is 1.12. The van der Waals surface area contributed by atoms with Crippen molar-refractivity contribution in [3.05, 3.63) is 63.2 Å². The molecule has 1 fully saturated rings. The van der Waals surface area contributed by atoms with Crippen molar-refractivity contribution in [2.24, 2.45) is 5.92 Å². The number of nitrogens with zero attached hydrogens (tertiary/aromatic N) is 1. The van der Waals surface area contributed by atoms with E-state index in [2.05, 4.69) is 98.5 Å². The van der Waals surface area contributed by atoms with Gasteiger partial charge in [0, 0.05) is 19.3 Å². The van der Waals surface area contributed by atoms with Gasteiger partial charge in [0.2, 0.25) is 0 Å². The lowest BCUT2D eigenvalue weighted by Crippen LogP contribution is -2.19. The van der Waals surface area contributed by atoms with E-state index < -0.39 is 0 Å². The zero-order valence-corrected chi connectivity index (χ0v) is 23.6. The second-order valence-electron chi connectivity index (χ2n) is 9.40. The Morgan fingerprint density at radius 3 is 1.41 bits per heavy atom. The minimum atomic E-state index is 1.12. The van der Waals surface area contributed by atoms with E-state index in [0.717, 1.165) is 12.5 Å². The summed E-state index contributed by atoms with van der Waals surface area (Å²) in [6, 6.07) is 8.97. The lowest BCUT2D eigenvalue weighted by atomic mass is 9.84. The molecule has 0 spiro atoms. The molecule has 1 heteroatoms. The van der Waals surface area contributed by atoms with Crippen LogP contribution in [0.4, 0.5) is 5.69 Å². The highest BCUT2D eigenvalue weighted by atomic mass is 15.1. The Kier molecular flexibility index (Phi) is 15.1. The van der Waals surface area contributed by atoms with E-state index in [-0.39, 0.29) is 0 Å². The molecule has 2 aromatic carbocycles. The third-order valence-corrected chi connectivity index (χ3v) is 6.45. The van der Waals surface area contributed by atoms with E-state index >= 15 is 0 Å². The second kappa shape index (κ2) is 15.9. The van der Waals surface area contributed by atoms with Gasteiger partial charge in [-0.1, -0.05) is 88.8 Å². The van der Waals surface area contributed by atoms with Gasteiger partial charge in [0.15, 0.2) is 0 Å². The van der Waals surface area contributed by atoms with Gasteiger partial charge in [-0.25, -0.2) is 0 Å². The maximum atomic E-state index is 2.35. The quantitative estimate of drug-likeness (QED) is 0.458. The average Bonchev–Trinajstić information content (AvgIpc) is 2.67. The highest BCUT2D eigenvalue weighted by Crippen LogP contribution is 2.28. The van der Waals surface area contributed by atoms with Crippen LogP contribution >= 0.6 is 0 Å². The maximum Gasteiger partial charge on any atom is 0.0423 e. The second-order valence-corrected chi connectivity index (χ2v) is 9.40. The number of hydrogen-bond donors (Lipinski definition) is 0. The van der Waals surface area contributed by atoms with Gasteiger partial charge < -0.3 is 4.90 Å². The topological polar surface area (TPSA) is 3.24 Å². The first-order valence-corrected chi connectivity index (χ1v) is 12.9. The first-order valence-electron chi connectivity index (χ1n) is 12.9. The Labute approximate surface area is 201 Å². The fourth-order valence-electron chi connectivity index (χ4n) is 4.37. The molecule has 0 atom stereocenters. The lowest BCUT2D eigenvalue weighted by molar-refractivity contribution is 0.307. The summed E-state index contributed by atoms with van der Waals surface area (Å²) in [4.78, 5) is 2.35. The first-order chi connectivity index (χ1) is 15.1. The molecule has 1 aliphatic rings. The van der Waals surface area contributed by atoms with Crippen LogP contribution < -0.4 is 4.90 Å². The van der Waals surface area contributed by atoms with Gasteiger partial charge in [0.25, 0.3) is 0 Å². The van der Waals surface area contributed by atoms with Crippen molar-refractivity contribution < 1.29 is 0 Å².